The van der Waals surface area contributed by atoms with E-state index in [-0.39, 0.29) is 0 Å². The van der Waals surface area contributed by atoms with Gasteiger partial charge < -0.3 is 15.0 Å². The minimum Gasteiger partial charge on any atom is -0.494 e. The molecule has 0 saturated carbocycles. The second-order valence-corrected chi connectivity index (χ2v) is 5.83. The average Bonchev–Trinajstić information content (AvgIpc) is 2.54. The summed E-state index contributed by atoms with van der Waals surface area (Å²) in [5.41, 5.74) is 2.94. The highest BCUT2D eigenvalue weighted by atomic mass is 16.5. The van der Waals surface area contributed by atoms with Gasteiger partial charge in [-0.25, -0.2) is 0 Å². The Morgan fingerprint density at radius 2 is 1.95 bits per heavy atom. The van der Waals surface area contributed by atoms with Crippen LogP contribution in [0.5, 0.6) is 5.75 Å². The van der Waals surface area contributed by atoms with Crippen molar-refractivity contribution >= 4 is 0 Å². The Morgan fingerprint density at radius 3 is 2.67 bits per heavy atom. The lowest BCUT2D eigenvalue weighted by atomic mass is 10.0. The van der Waals surface area contributed by atoms with Gasteiger partial charge in [0, 0.05) is 26.2 Å². The number of piperazine rings is 1. The molecule has 0 spiro atoms. The van der Waals surface area contributed by atoms with Crippen molar-refractivity contribution in [3.63, 3.8) is 0 Å². The van der Waals surface area contributed by atoms with Crippen LogP contribution < -0.4 is 10.1 Å². The second-order valence-electron chi connectivity index (χ2n) is 5.83. The molecule has 0 aliphatic carbocycles. The van der Waals surface area contributed by atoms with Gasteiger partial charge in [0.2, 0.25) is 0 Å². The molecule has 1 aliphatic rings. The van der Waals surface area contributed by atoms with E-state index < -0.39 is 0 Å². The van der Waals surface area contributed by atoms with Crippen LogP contribution in [0.1, 0.15) is 37.8 Å². The Kier molecular flexibility index (Phi) is 7.04. The van der Waals surface area contributed by atoms with E-state index in [1.54, 1.807) is 0 Å². The third-order valence-corrected chi connectivity index (χ3v) is 4.16. The van der Waals surface area contributed by atoms with E-state index >= 15 is 0 Å². The number of aryl methyl sites for hydroxylation is 2. The van der Waals surface area contributed by atoms with Crippen molar-refractivity contribution in [1.29, 1.82) is 0 Å². The normalized spacial score (nSPS) is 16.1. The first-order valence-corrected chi connectivity index (χ1v) is 8.51. The highest BCUT2D eigenvalue weighted by Crippen LogP contribution is 2.20. The first-order chi connectivity index (χ1) is 10.3. The molecule has 21 heavy (non-hydrogen) atoms. The highest BCUT2D eigenvalue weighted by Gasteiger charge is 2.09. The van der Waals surface area contributed by atoms with Crippen LogP contribution in [0.25, 0.3) is 0 Å². The maximum absolute atomic E-state index is 5.74. The van der Waals surface area contributed by atoms with Gasteiger partial charge in [-0.05, 0) is 55.5 Å². The molecule has 1 fully saturated rings. The summed E-state index contributed by atoms with van der Waals surface area (Å²) in [6.07, 6.45) is 4.59. The number of nitrogens with zero attached hydrogens (tertiary/aromatic N) is 1. The van der Waals surface area contributed by atoms with Crippen molar-refractivity contribution in [2.45, 2.75) is 39.5 Å². The summed E-state index contributed by atoms with van der Waals surface area (Å²) >= 11 is 0. The lowest BCUT2D eigenvalue weighted by molar-refractivity contribution is 0.238. The Labute approximate surface area is 129 Å². The molecular weight excluding hydrogens is 260 g/mol. The molecule has 1 N–H and O–H groups in total. The van der Waals surface area contributed by atoms with Crippen LogP contribution in [-0.2, 0) is 12.8 Å². The zero-order chi connectivity index (χ0) is 14.9. The minimum atomic E-state index is 0.811. The number of ether oxygens (including phenoxy) is 1. The molecule has 1 aliphatic heterocycles. The fourth-order valence-electron chi connectivity index (χ4n) is 2.91. The Hall–Kier alpha value is -1.06. The third-order valence-electron chi connectivity index (χ3n) is 4.16. The molecule has 3 heteroatoms. The summed E-state index contributed by atoms with van der Waals surface area (Å²) in [6.45, 7) is 11.1. The van der Waals surface area contributed by atoms with Crippen molar-refractivity contribution in [2.75, 3.05) is 39.3 Å². The minimum absolute atomic E-state index is 0.811. The van der Waals surface area contributed by atoms with E-state index in [1.165, 1.54) is 43.6 Å². The van der Waals surface area contributed by atoms with Crippen LogP contribution >= 0.6 is 0 Å². The van der Waals surface area contributed by atoms with Crippen molar-refractivity contribution < 1.29 is 4.74 Å². The van der Waals surface area contributed by atoms with Gasteiger partial charge in [0.25, 0.3) is 0 Å². The van der Waals surface area contributed by atoms with Crippen LogP contribution in [0, 0.1) is 0 Å². The predicted octanol–water partition coefficient (Wildman–Crippen LogP) is 2.88. The lowest BCUT2D eigenvalue weighted by Gasteiger charge is -2.27. The topological polar surface area (TPSA) is 24.5 Å². The van der Waals surface area contributed by atoms with Gasteiger partial charge in [-0.2, -0.15) is 0 Å². The quantitative estimate of drug-likeness (QED) is 0.797. The predicted molar refractivity (Wildman–Crippen MR) is 89.2 cm³/mol. The Bertz CT molecular complexity index is 414. The molecule has 0 aromatic heterocycles. The van der Waals surface area contributed by atoms with Crippen molar-refractivity contribution in [1.82, 2.24) is 10.2 Å². The van der Waals surface area contributed by atoms with Crippen molar-refractivity contribution in [3.05, 3.63) is 29.3 Å². The number of hydrogen-bond acceptors (Lipinski definition) is 3. The van der Waals surface area contributed by atoms with Crippen LogP contribution in [0.15, 0.2) is 18.2 Å². The first kappa shape index (κ1) is 16.3. The van der Waals surface area contributed by atoms with Gasteiger partial charge in [-0.3, -0.25) is 0 Å². The lowest BCUT2D eigenvalue weighted by Crippen LogP contribution is -2.43. The molecule has 2 rings (SSSR count). The van der Waals surface area contributed by atoms with Gasteiger partial charge in [0.15, 0.2) is 0 Å². The van der Waals surface area contributed by atoms with Crippen LogP contribution in [0.3, 0.4) is 0 Å². The molecule has 1 heterocycles. The van der Waals surface area contributed by atoms with Crippen molar-refractivity contribution in [2.24, 2.45) is 0 Å². The van der Waals surface area contributed by atoms with Crippen LogP contribution in [-0.4, -0.2) is 44.2 Å². The molecular formula is C18H30N2O. The summed E-state index contributed by atoms with van der Waals surface area (Å²) in [4.78, 5) is 2.57. The summed E-state index contributed by atoms with van der Waals surface area (Å²) in [5, 5.41) is 3.41. The molecule has 0 unspecified atom stereocenters. The van der Waals surface area contributed by atoms with Gasteiger partial charge in [-0.15, -0.1) is 0 Å². The summed E-state index contributed by atoms with van der Waals surface area (Å²) in [5.74, 6) is 1.03. The van der Waals surface area contributed by atoms with Crippen LogP contribution in [0.4, 0.5) is 0 Å². The van der Waals surface area contributed by atoms with Gasteiger partial charge in [0.1, 0.15) is 5.75 Å². The Morgan fingerprint density at radius 1 is 1.14 bits per heavy atom. The Balaban J connectivity index is 1.83. The van der Waals surface area contributed by atoms with Crippen LogP contribution in [0.2, 0.25) is 0 Å². The molecule has 0 atom stereocenters. The van der Waals surface area contributed by atoms with Gasteiger partial charge in [-0.1, -0.05) is 19.9 Å². The van der Waals surface area contributed by atoms with Crippen molar-refractivity contribution in [3.8, 4) is 5.75 Å². The largest absolute Gasteiger partial charge is 0.494 e. The molecule has 0 bridgehead atoms. The summed E-state index contributed by atoms with van der Waals surface area (Å²) in [7, 11) is 0. The van der Waals surface area contributed by atoms with E-state index in [4.69, 9.17) is 4.74 Å². The third kappa shape index (κ3) is 5.33. The van der Waals surface area contributed by atoms with E-state index in [9.17, 15) is 0 Å². The maximum Gasteiger partial charge on any atom is 0.119 e. The standard InChI is InChI=1S/C18H30N2O/c1-3-14-21-18-8-7-17(16(4-2)15-18)6-5-11-20-12-9-19-10-13-20/h7-8,15,19H,3-6,9-14H2,1-2H3. The van der Waals surface area contributed by atoms with Gasteiger partial charge in [0.05, 0.1) is 6.61 Å². The molecule has 1 saturated heterocycles. The second kappa shape index (κ2) is 9.06. The zero-order valence-corrected chi connectivity index (χ0v) is 13.7. The molecule has 3 nitrogen and oxygen atoms in total. The molecule has 118 valence electrons. The molecule has 0 amide bonds. The summed E-state index contributed by atoms with van der Waals surface area (Å²) in [6, 6.07) is 6.63. The molecule has 0 radical (unpaired) electrons. The molecule has 1 aromatic rings. The maximum atomic E-state index is 5.74. The fraction of sp³-hybridized carbons (Fsp3) is 0.667. The fourth-order valence-corrected chi connectivity index (χ4v) is 2.91. The van der Waals surface area contributed by atoms with E-state index in [2.05, 4.69) is 42.3 Å². The average molecular weight is 290 g/mol. The monoisotopic (exact) mass is 290 g/mol. The number of nitrogens with one attached hydrogen (secondary N) is 1. The van der Waals surface area contributed by atoms with E-state index in [0.717, 1.165) is 38.3 Å². The van der Waals surface area contributed by atoms with E-state index in [1.807, 2.05) is 0 Å². The molecule has 1 aromatic carbocycles. The number of benzene rings is 1. The smallest absolute Gasteiger partial charge is 0.119 e. The van der Waals surface area contributed by atoms with Gasteiger partial charge >= 0.3 is 0 Å². The number of rotatable bonds is 8. The SMILES string of the molecule is CCCOc1ccc(CCCN2CCNCC2)c(CC)c1. The first-order valence-electron chi connectivity index (χ1n) is 8.51. The highest BCUT2D eigenvalue weighted by molar-refractivity contribution is 5.35. The summed E-state index contributed by atoms with van der Waals surface area (Å²) < 4.78 is 5.74. The zero-order valence-electron chi connectivity index (χ0n) is 13.7. The number of hydrogen-bond donors (Lipinski definition) is 1. The van der Waals surface area contributed by atoms with E-state index in [0.29, 0.717) is 0 Å².